The van der Waals surface area contributed by atoms with Crippen molar-refractivity contribution < 1.29 is 61.4 Å². The Hall–Kier alpha value is -4.27. The Morgan fingerprint density at radius 3 is 1.86 bits per heavy atom. The van der Waals surface area contributed by atoms with E-state index in [9.17, 15) is 48.3 Å². The summed E-state index contributed by atoms with van der Waals surface area (Å²) in [4.78, 5) is 86.8. The number of rotatable bonds is 14. The van der Waals surface area contributed by atoms with E-state index in [1.165, 1.54) is 43.5 Å². The van der Waals surface area contributed by atoms with Crippen LogP contribution in [0.25, 0.3) is 11.2 Å². The van der Waals surface area contributed by atoms with E-state index in [2.05, 4.69) is 24.9 Å². The number of phosphoric acid groups is 2. The fraction of sp³-hybridized carbons (Fsp3) is 0.567. The van der Waals surface area contributed by atoms with Crippen molar-refractivity contribution in [2.24, 2.45) is 0 Å². The second-order valence-corrected chi connectivity index (χ2v) is 16.5. The summed E-state index contributed by atoms with van der Waals surface area (Å²) < 4.78 is 68.7. The van der Waals surface area contributed by atoms with Gasteiger partial charge in [0, 0.05) is 42.8 Å². The fourth-order valence-corrected chi connectivity index (χ4v) is 8.65. The van der Waals surface area contributed by atoms with Gasteiger partial charge < -0.3 is 39.9 Å². The number of aliphatic hydroxyl groups is 2. The number of fused-ring (bicyclic) bond motifs is 1. The van der Waals surface area contributed by atoms with Crippen LogP contribution in [0, 0.1) is 13.8 Å². The van der Waals surface area contributed by atoms with Crippen molar-refractivity contribution in [2.45, 2.75) is 88.4 Å². The number of aromatic amines is 2. The minimum Gasteiger partial charge on any atom is -0.394 e. The smallest absolute Gasteiger partial charge is 0.394 e. The third-order valence-corrected chi connectivity index (χ3v) is 11.7. The standard InChI is InChI=1S/C30H39N9O17P2/c1-13-6-37(29(44)35-27(13)42)21-3-15(41)19(53-21)9-50-57(46,47)56-17-5-22(38-7-14(2)28(43)36-30(38)45)54-20(17)10-51-58(48,49)55-16-4-23(52-18(16)8-40)39-12-34-24-25(31)32-11-33-26(24)39/h6-7,11-12,15-23,40-41H,3-5,8-10H2,1-2H3,(H,46,47)(H,48,49)(H2,31,32,33)(H,35,42,44)(H,36,43,45)/t15?,16?,17?,18-,19-,20-,21-,22-,23-/m1/s1. The maximum atomic E-state index is 13.3. The lowest BCUT2D eigenvalue weighted by atomic mass is 10.2. The zero-order chi connectivity index (χ0) is 41.7. The monoisotopic (exact) mass is 859 g/mol. The summed E-state index contributed by atoms with van der Waals surface area (Å²) >= 11 is 0. The van der Waals surface area contributed by atoms with Gasteiger partial charge in [0.1, 0.15) is 61.0 Å². The van der Waals surface area contributed by atoms with Gasteiger partial charge in [-0.05, 0) is 13.8 Å². The second-order valence-electron chi connectivity index (χ2n) is 13.7. The van der Waals surface area contributed by atoms with E-state index in [-0.39, 0.29) is 41.7 Å². The van der Waals surface area contributed by atoms with Crippen LogP contribution >= 0.6 is 15.6 Å². The van der Waals surface area contributed by atoms with Crippen LogP contribution in [0.2, 0.25) is 0 Å². The lowest BCUT2D eigenvalue weighted by Crippen LogP contribution is -2.33. The maximum absolute atomic E-state index is 13.3. The summed E-state index contributed by atoms with van der Waals surface area (Å²) in [5, 5.41) is 20.6. The Balaban J connectivity index is 1.02. The van der Waals surface area contributed by atoms with Crippen LogP contribution in [0.3, 0.4) is 0 Å². The molecule has 0 bridgehead atoms. The van der Waals surface area contributed by atoms with Crippen LogP contribution in [0.4, 0.5) is 5.82 Å². The molecule has 8 N–H and O–H groups in total. The van der Waals surface area contributed by atoms with Crippen LogP contribution in [0.1, 0.15) is 49.1 Å². The third kappa shape index (κ3) is 8.84. The summed E-state index contributed by atoms with van der Waals surface area (Å²) in [5.74, 6) is 0.109. The molecule has 3 fully saturated rings. The highest BCUT2D eigenvalue weighted by Gasteiger charge is 2.46. The molecule has 4 aromatic rings. The minimum absolute atomic E-state index is 0.0802. The molecule has 3 aliphatic heterocycles. The predicted molar refractivity (Wildman–Crippen MR) is 192 cm³/mol. The van der Waals surface area contributed by atoms with Crippen LogP contribution in [0.5, 0.6) is 0 Å². The van der Waals surface area contributed by atoms with Crippen LogP contribution < -0.4 is 28.2 Å². The maximum Gasteiger partial charge on any atom is 0.472 e. The van der Waals surface area contributed by atoms with Gasteiger partial charge >= 0.3 is 27.0 Å². The zero-order valence-electron chi connectivity index (χ0n) is 30.5. The number of ether oxygens (including phenoxy) is 3. The molecule has 58 heavy (non-hydrogen) atoms. The number of phosphoric ester groups is 2. The van der Waals surface area contributed by atoms with Gasteiger partial charge in [-0.1, -0.05) is 0 Å². The molecule has 3 saturated heterocycles. The average Bonchev–Trinajstić information content (AvgIpc) is 3.95. The Morgan fingerprint density at radius 2 is 1.28 bits per heavy atom. The van der Waals surface area contributed by atoms with Crippen molar-refractivity contribution in [3.05, 3.63) is 77.9 Å². The normalized spacial score (nSPS) is 29.5. The summed E-state index contributed by atoms with van der Waals surface area (Å²) in [6.07, 6.45) is -6.49. The Kier molecular flexibility index (Phi) is 11.8. The number of nitrogen functional groups attached to an aromatic ring is 1. The molecule has 0 spiro atoms. The van der Waals surface area contributed by atoms with Gasteiger partial charge in [-0.3, -0.25) is 51.4 Å². The number of H-pyrrole nitrogens is 2. The van der Waals surface area contributed by atoms with Crippen LogP contribution in [-0.4, -0.2) is 115 Å². The van der Waals surface area contributed by atoms with E-state index in [0.717, 1.165) is 9.13 Å². The molecule has 7 rings (SSSR count). The molecule has 0 radical (unpaired) electrons. The predicted octanol–water partition coefficient (Wildman–Crippen LogP) is -1.65. The van der Waals surface area contributed by atoms with Gasteiger partial charge in [-0.2, -0.15) is 0 Å². The number of hydrogen-bond donors (Lipinski definition) is 7. The second kappa shape index (κ2) is 16.4. The number of aliphatic hydroxyl groups excluding tert-OH is 2. The number of nitrogens with two attached hydrogens (primary N) is 1. The van der Waals surface area contributed by atoms with E-state index in [4.69, 9.17) is 38.0 Å². The number of aryl methyl sites for hydroxylation is 2. The molecule has 0 aliphatic carbocycles. The highest BCUT2D eigenvalue weighted by molar-refractivity contribution is 7.47. The summed E-state index contributed by atoms with van der Waals surface area (Å²) in [6, 6.07) is 0. The lowest BCUT2D eigenvalue weighted by Gasteiger charge is -2.24. The van der Waals surface area contributed by atoms with Gasteiger partial charge in [0.2, 0.25) is 0 Å². The van der Waals surface area contributed by atoms with Crippen LogP contribution in [-0.2, 0) is 41.4 Å². The molecule has 11 atom stereocenters. The molecule has 3 aliphatic rings. The number of nitrogens with zero attached hydrogens (tertiary/aromatic N) is 6. The zero-order valence-corrected chi connectivity index (χ0v) is 32.3. The quantitative estimate of drug-likeness (QED) is 0.0698. The number of anilines is 1. The van der Waals surface area contributed by atoms with E-state index in [1.54, 1.807) is 0 Å². The number of nitrogens with one attached hydrogen (secondary N) is 2. The van der Waals surface area contributed by atoms with Crippen molar-refractivity contribution in [2.75, 3.05) is 25.6 Å². The van der Waals surface area contributed by atoms with Crippen molar-refractivity contribution in [1.29, 1.82) is 0 Å². The van der Waals surface area contributed by atoms with E-state index in [0.29, 0.717) is 5.65 Å². The van der Waals surface area contributed by atoms with Gasteiger partial charge in [0.25, 0.3) is 11.1 Å². The Morgan fingerprint density at radius 1 is 0.776 bits per heavy atom. The van der Waals surface area contributed by atoms with Gasteiger partial charge in [0.15, 0.2) is 11.5 Å². The van der Waals surface area contributed by atoms with E-state index in [1.807, 2.05) is 0 Å². The largest absolute Gasteiger partial charge is 0.472 e. The third-order valence-electron chi connectivity index (χ3n) is 9.70. The average molecular weight is 860 g/mol. The molecule has 4 aromatic heterocycles. The first kappa shape index (κ1) is 41.9. The molecule has 0 amide bonds. The highest BCUT2D eigenvalue weighted by atomic mass is 31.2. The Bertz CT molecular complexity index is 2510. The SMILES string of the molecule is Cc1cn([C@H]2CC(O)[C@@H](COP(=O)(O)OC3C[C@H](n4cc(C)c(=O)[nH]c4=O)O[C@@H]3COP(=O)(O)OC3C[C@H](n4cnc5c(N)ncnc54)O[C@@H]3CO)O2)c(=O)[nH]c1=O. The van der Waals surface area contributed by atoms with Crippen LogP contribution in [0.15, 0.2) is 44.2 Å². The van der Waals surface area contributed by atoms with Crippen molar-refractivity contribution in [1.82, 2.24) is 38.6 Å². The van der Waals surface area contributed by atoms with Crippen molar-refractivity contribution in [3.63, 3.8) is 0 Å². The molecule has 26 nitrogen and oxygen atoms in total. The van der Waals surface area contributed by atoms with E-state index < -0.39 is 113 Å². The van der Waals surface area contributed by atoms with Crippen molar-refractivity contribution in [3.8, 4) is 0 Å². The molecule has 316 valence electrons. The Labute approximate surface area is 324 Å². The van der Waals surface area contributed by atoms with Gasteiger partial charge in [-0.25, -0.2) is 33.7 Å². The molecule has 28 heteroatoms. The minimum atomic E-state index is -5.09. The summed E-state index contributed by atoms with van der Waals surface area (Å²) in [5.41, 5.74) is 3.78. The molecule has 7 heterocycles. The van der Waals surface area contributed by atoms with Crippen molar-refractivity contribution >= 4 is 32.6 Å². The molecular weight excluding hydrogens is 820 g/mol. The number of aromatic nitrogens is 8. The molecule has 0 saturated carbocycles. The summed E-state index contributed by atoms with van der Waals surface area (Å²) in [6.45, 7) is 0.713. The number of hydrogen-bond acceptors (Lipinski definition) is 19. The fourth-order valence-electron chi connectivity index (χ4n) is 6.73. The number of imidazole rings is 1. The first-order valence-corrected chi connectivity index (χ1v) is 20.5. The van der Waals surface area contributed by atoms with E-state index >= 15 is 0 Å². The molecular formula is C30H39N9O17P2. The molecule has 0 aromatic carbocycles. The lowest BCUT2D eigenvalue weighted by molar-refractivity contribution is -0.0616. The molecule has 5 unspecified atom stereocenters. The summed E-state index contributed by atoms with van der Waals surface area (Å²) in [7, 11) is -10.1. The topological polar surface area (TPSA) is 359 Å². The first-order chi connectivity index (χ1) is 27.4. The van der Waals surface area contributed by atoms with Gasteiger partial charge in [-0.15, -0.1) is 0 Å². The van der Waals surface area contributed by atoms with Gasteiger partial charge in [0.05, 0.1) is 32.3 Å². The highest BCUT2D eigenvalue weighted by Crippen LogP contribution is 2.52. The first-order valence-electron chi connectivity index (χ1n) is 17.6.